The average molecular weight is 607 g/mol. The lowest BCUT2D eigenvalue weighted by molar-refractivity contribution is 0.0496. The van der Waals surface area contributed by atoms with Crippen molar-refractivity contribution < 1.29 is 12.8 Å². The summed E-state index contributed by atoms with van der Waals surface area (Å²) >= 11 is 6.26. The van der Waals surface area contributed by atoms with Crippen LogP contribution in [0, 0.1) is 29.0 Å². The molecule has 3 aliphatic carbocycles. The summed E-state index contributed by atoms with van der Waals surface area (Å²) in [5.74, 6) is 2.03. The van der Waals surface area contributed by atoms with E-state index in [4.69, 9.17) is 11.6 Å². The predicted octanol–water partition coefficient (Wildman–Crippen LogP) is 5.58. The minimum Gasteiger partial charge on any atom is -0.367 e. The van der Waals surface area contributed by atoms with Crippen molar-refractivity contribution in [1.29, 1.82) is 0 Å². The molecule has 2 aromatic rings. The lowest BCUT2D eigenvalue weighted by Crippen LogP contribution is -2.44. The highest BCUT2D eigenvalue weighted by molar-refractivity contribution is 7.90. The maximum atomic E-state index is 14.7. The van der Waals surface area contributed by atoms with E-state index in [0.717, 1.165) is 63.1 Å². The fourth-order valence-electron chi connectivity index (χ4n) is 7.49. The van der Waals surface area contributed by atoms with Crippen LogP contribution in [-0.2, 0) is 16.6 Å². The summed E-state index contributed by atoms with van der Waals surface area (Å²) in [4.78, 5) is 8.57. The van der Waals surface area contributed by atoms with Crippen molar-refractivity contribution in [1.82, 2.24) is 20.0 Å². The van der Waals surface area contributed by atoms with E-state index >= 15 is 0 Å². The Morgan fingerprint density at radius 2 is 1.83 bits per heavy atom. The van der Waals surface area contributed by atoms with Crippen LogP contribution < -0.4 is 20.7 Å². The number of fused-ring (bicyclic) bond motifs is 2. The summed E-state index contributed by atoms with van der Waals surface area (Å²) in [7, 11) is -1.65. The van der Waals surface area contributed by atoms with Gasteiger partial charge in [0.25, 0.3) is 0 Å². The van der Waals surface area contributed by atoms with E-state index in [2.05, 4.69) is 30.6 Å². The Hall–Kier alpha value is -2.01. The number of benzene rings is 1. The molecule has 226 valence electrons. The molecule has 1 aromatic carbocycles. The number of rotatable bonds is 12. The first kappa shape index (κ1) is 30.4. The van der Waals surface area contributed by atoms with E-state index in [9.17, 15) is 12.8 Å². The lowest BCUT2D eigenvalue weighted by atomic mass is 9.59. The van der Waals surface area contributed by atoms with Crippen molar-refractivity contribution in [3.8, 4) is 0 Å². The molecule has 3 atom stereocenters. The highest BCUT2D eigenvalue weighted by atomic mass is 35.5. The maximum Gasteiger partial charge on any atom is 0.225 e. The molecular weight excluding hydrogens is 563 g/mol. The zero-order chi connectivity index (χ0) is 28.9. The van der Waals surface area contributed by atoms with Gasteiger partial charge in [0.05, 0.1) is 11.4 Å². The molecule has 3 aliphatic rings. The first-order valence-electron chi connectivity index (χ1n) is 15.1. The van der Waals surface area contributed by atoms with Gasteiger partial charge in [0.1, 0.15) is 0 Å². The minimum absolute atomic E-state index is 0.148. The van der Waals surface area contributed by atoms with Gasteiger partial charge in [-0.1, -0.05) is 42.6 Å². The number of aromatic nitrogens is 2. The van der Waals surface area contributed by atoms with Gasteiger partial charge < -0.3 is 16.0 Å². The number of hydrogen-bond acceptors (Lipinski definition) is 7. The quantitative estimate of drug-likeness (QED) is 0.250. The second-order valence-corrected chi connectivity index (χ2v) is 15.1. The largest absolute Gasteiger partial charge is 0.367 e. The zero-order valence-corrected chi connectivity index (χ0v) is 25.5. The Balaban J connectivity index is 1.12. The van der Waals surface area contributed by atoms with Gasteiger partial charge in [0.15, 0.2) is 11.6 Å². The molecule has 0 saturated heterocycles. The molecule has 3 saturated carbocycles. The zero-order valence-electron chi connectivity index (χ0n) is 24.0. The van der Waals surface area contributed by atoms with Gasteiger partial charge in [0, 0.05) is 18.1 Å². The Morgan fingerprint density at radius 3 is 2.61 bits per heavy atom. The van der Waals surface area contributed by atoms with Crippen molar-refractivity contribution in [3.05, 3.63) is 46.9 Å². The SMILES string of the molecule is CNS(=O)(=O)C1CCC(CNC[C@@H]2CC3CCC[C@@](CNc4nc(NCc5ccccc5Cl)ncc4F)(C3)C2)CC1. The molecule has 1 unspecified atom stereocenters. The average Bonchev–Trinajstić information content (AvgIpc) is 2.97. The maximum absolute atomic E-state index is 14.7. The van der Waals surface area contributed by atoms with Gasteiger partial charge in [-0.05, 0) is 106 Å². The van der Waals surface area contributed by atoms with E-state index in [0.29, 0.717) is 35.9 Å². The third-order valence-electron chi connectivity index (χ3n) is 9.58. The number of halogens is 2. The van der Waals surface area contributed by atoms with E-state index < -0.39 is 15.8 Å². The molecule has 2 bridgehead atoms. The van der Waals surface area contributed by atoms with Crippen LogP contribution in [0.4, 0.5) is 16.2 Å². The third kappa shape index (κ3) is 7.89. The summed E-state index contributed by atoms with van der Waals surface area (Å²) in [5.41, 5.74) is 1.08. The van der Waals surface area contributed by atoms with Crippen LogP contribution in [0.5, 0.6) is 0 Å². The van der Waals surface area contributed by atoms with Crippen molar-refractivity contribution in [2.45, 2.75) is 76.0 Å². The van der Waals surface area contributed by atoms with Crippen LogP contribution in [0.15, 0.2) is 30.5 Å². The second kappa shape index (κ2) is 13.5. The molecule has 1 heterocycles. The van der Waals surface area contributed by atoms with Crippen LogP contribution in [0.3, 0.4) is 0 Å². The standard InChI is InChI=1S/C30H44ClFN6O2S/c1-33-41(39,40)25-10-8-21(9-11-25)16-34-17-23-13-22-5-4-12-30(14-22,15-23)20-37-28-27(32)19-36-29(38-28)35-18-24-6-2-3-7-26(24)31/h2-3,6-7,19,21-23,25,33-34H,4-5,8-18,20H2,1H3,(H2,35,36,37,38)/t21?,22?,23-,25?,30-/m1/s1. The first-order chi connectivity index (χ1) is 19.7. The highest BCUT2D eigenvalue weighted by Gasteiger charge is 2.43. The molecular formula is C30H44ClFN6O2S. The topological polar surface area (TPSA) is 108 Å². The monoisotopic (exact) mass is 606 g/mol. The molecule has 3 fully saturated rings. The molecule has 4 N–H and O–H groups in total. The fraction of sp³-hybridized carbons (Fsp3) is 0.667. The minimum atomic E-state index is -3.16. The molecule has 5 rings (SSSR count). The smallest absolute Gasteiger partial charge is 0.225 e. The van der Waals surface area contributed by atoms with Crippen molar-refractivity contribution in [2.24, 2.45) is 23.2 Å². The number of nitrogens with zero attached hydrogens (tertiary/aromatic N) is 2. The Labute approximate surface area is 249 Å². The molecule has 0 amide bonds. The van der Waals surface area contributed by atoms with Crippen molar-refractivity contribution in [2.75, 3.05) is 37.3 Å². The normalized spacial score (nSPS) is 28.3. The van der Waals surface area contributed by atoms with E-state index in [-0.39, 0.29) is 16.5 Å². The van der Waals surface area contributed by atoms with Crippen LogP contribution in [-0.4, -0.2) is 50.3 Å². The Kier molecular flexibility index (Phi) is 10.0. The fourth-order valence-corrected chi connectivity index (χ4v) is 8.92. The van der Waals surface area contributed by atoms with E-state index in [1.54, 1.807) is 0 Å². The molecule has 1 aromatic heterocycles. The summed E-state index contributed by atoms with van der Waals surface area (Å²) in [6, 6.07) is 7.59. The van der Waals surface area contributed by atoms with Gasteiger partial charge in [-0.25, -0.2) is 22.5 Å². The lowest BCUT2D eigenvalue weighted by Gasteiger charge is -2.49. The summed E-state index contributed by atoms with van der Waals surface area (Å²) in [6.45, 7) is 3.11. The molecule has 0 radical (unpaired) electrons. The van der Waals surface area contributed by atoms with Crippen molar-refractivity contribution >= 4 is 33.4 Å². The van der Waals surface area contributed by atoms with Gasteiger partial charge in [-0.2, -0.15) is 4.98 Å². The van der Waals surface area contributed by atoms with Gasteiger partial charge >= 0.3 is 0 Å². The van der Waals surface area contributed by atoms with Crippen LogP contribution >= 0.6 is 11.6 Å². The van der Waals surface area contributed by atoms with E-state index in [1.807, 2.05) is 24.3 Å². The Bertz CT molecular complexity index is 1280. The number of sulfonamides is 1. The molecule has 0 aliphatic heterocycles. The molecule has 8 nitrogen and oxygen atoms in total. The molecule has 41 heavy (non-hydrogen) atoms. The summed E-state index contributed by atoms with van der Waals surface area (Å²) in [6.07, 6.45) is 11.8. The molecule has 11 heteroatoms. The van der Waals surface area contributed by atoms with Crippen LogP contribution in [0.1, 0.15) is 69.8 Å². The van der Waals surface area contributed by atoms with Crippen LogP contribution in [0.2, 0.25) is 5.02 Å². The number of anilines is 2. The van der Waals surface area contributed by atoms with Gasteiger partial charge in [-0.15, -0.1) is 0 Å². The van der Waals surface area contributed by atoms with Crippen LogP contribution in [0.25, 0.3) is 0 Å². The van der Waals surface area contributed by atoms with Gasteiger partial charge in [0.2, 0.25) is 16.0 Å². The second-order valence-electron chi connectivity index (χ2n) is 12.5. The van der Waals surface area contributed by atoms with Crippen molar-refractivity contribution in [3.63, 3.8) is 0 Å². The predicted molar refractivity (Wildman–Crippen MR) is 163 cm³/mol. The highest BCUT2D eigenvalue weighted by Crippen LogP contribution is 2.51. The molecule has 0 spiro atoms. The summed E-state index contributed by atoms with van der Waals surface area (Å²) < 4.78 is 41.4. The number of hydrogen-bond donors (Lipinski definition) is 4. The Morgan fingerprint density at radius 1 is 1.05 bits per heavy atom. The van der Waals surface area contributed by atoms with Gasteiger partial charge in [-0.3, -0.25) is 0 Å². The first-order valence-corrected chi connectivity index (χ1v) is 17.0. The summed E-state index contributed by atoms with van der Waals surface area (Å²) in [5, 5.41) is 10.7. The van der Waals surface area contributed by atoms with E-state index in [1.165, 1.54) is 38.9 Å². The third-order valence-corrected chi connectivity index (χ3v) is 11.9. The number of nitrogens with one attached hydrogen (secondary N) is 4.